The first kappa shape index (κ1) is 10.5. The summed E-state index contributed by atoms with van der Waals surface area (Å²) in [6.45, 7) is 0. The Morgan fingerprint density at radius 2 is 1.93 bits per heavy atom. The molecule has 1 fully saturated rings. The molecule has 15 heavy (non-hydrogen) atoms. The van der Waals surface area contributed by atoms with Crippen molar-refractivity contribution in [1.29, 1.82) is 0 Å². The van der Waals surface area contributed by atoms with Crippen molar-refractivity contribution in [2.75, 3.05) is 7.11 Å². The van der Waals surface area contributed by atoms with Crippen molar-refractivity contribution < 1.29 is 9.84 Å². The number of ether oxygens (including phenoxy) is 1. The quantitative estimate of drug-likeness (QED) is 0.786. The molecule has 3 heteroatoms. The highest BCUT2D eigenvalue weighted by Gasteiger charge is 2.34. The maximum absolute atomic E-state index is 9.88. The van der Waals surface area contributed by atoms with Gasteiger partial charge in [-0.25, -0.2) is 0 Å². The molecule has 2 atom stereocenters. The predicted octanol–water partition coefficient (Wildman–Crippen LogP) is 1.47. The summed E-state index contributed by atoms with van der Waals surface area (Å²) < 4.78 is 5.07. The predicted molar refractivity (Wildman–Crippen MR) is 58.7 cm³/mol. The first-order valence-corrected chi connectivity index (χ1v) is 5.30. The van der Waals surface area contributed by atoms with Gasteiger partial charge in [0, 0.05) is 0 Å². The van der Waals surface area contributed by atoms with Gasteiger partial charge in [0.05, 0.1) is 19.3 Å². The molecular formula is C12H17NO2. The third-order valence-electron chi connectivity index (χ3n) is 2.97. The third-order valence-corrected chi connectivity index (χ3v) is 2.97. The molecule has 0 radical (unpaired) electrons. The van der Waals surface area contributed by atoms with Crippen molar-refractivity contribution in [2.24, 2.45) is 11.7 Å². The number of aliphatic hydroxyl groups excluding tert-OH is 1. The number of benzene rings is 1. The second-order valence-corrected chi connectivity index (χ2v) is 4.13. The molecule has 1 aromatic carbocycles. The summed E-state index contributed by atoms with van der Waals surface area (Å²) in [6, 6.07) is 7.29. The second kappa shape index (κ2) is 4.21. The van der Waals surface area contributed by atoms with Crippen LogP contribution in [0.4, 0.5) is 0 Å². The summed E-state index contributed by atoms with van der Waals surface area (Å²) in [5.74, 6) is 1.22. The molecule has 0 unspecified atom stereocenters. The maximum atomic E-state index is 9.88. The van der Waals surface area contributed by atoms with Crippen LogP contribution in [0.1, 0.15) is 24.4 Å². The largest absolute Gasteiger partial charge is 0.497 e. The highest BCUT2D eigenvalue weighted by atomic mass is 16.5. The van der Waals surface area contributed by atoms with Gasteiger partial charge < -0.3 is 15.6 Å². The lowest BCUT2D eigenvalue weighted by molar-refractivity contribution is 0.122. The summed E-state index contributed by atoms with van der Waals surface area (Å²) in [5.41, 5.74) is 6.95. The molecule has 2 rings (SSSR count). The molecule has 0 spiro atoms. The number of hydrogen-bond donors (Lipinski definition) is 2. The Morgan fingerprint density at radius 3 is 2.40 bits per heavy atom. The van der Waals surface area contributed by atoms with E-state index in [1.807, 2.05) is 24.3 Å². The number of rotatable bonds is 4. The molecule has 1 aliphatic rings. The van der Waals surface area contributed by atoms with Crippen molar-refractivity contribution in [3.8, 4) is 5.75 Å². The van der Waals surface area contributed by atoms with Crippen LogP contribution in [-0.4, -0.2) is 18.3 Å². The van der Waals surface area contributed by atoms with E-state index in [9.17, 15) is 5.11 Å². The first-order chi connectivity index (χ1) is 7.22. The van der Waals surface area contributed by atoms with E-state index >= 15 is 0 Å². The van der Waals surface area contributed by atoms with Crippen LogP contribution in [-0.2, 0) is 0 Å². The van der Waals surface area contributed by atoms with E-state index in [0.717, 1.165) is 24.2 Å². The fraction of sp³-hybridized carbons (Fsp3) is 0.500. The van der Waals surface area contributed by atoms with E-state index in [1.165, 1.54) is 0 Å². The maximum Gasteiger partial charge on any atom is 0.118 e. The van der Waals surface area contributed by atoms with Gasteiger partial charge in [-0.15, -0.1) is 0 Å². The summed E-state index contributed by atoms with van der Waals surface area (Å²) in [4.78, 5) is 0. The van der Waals surface area contributed by atoms with Crippen LogP contribution in [0.3, 0.4) is 0 Å². The minimum atomic E-state index is -0.404. The van der Waals surface area contributed by atoms with Gasteiger partial charge in [-0.2, -0.15) is 0 Å². The molecule has 0 bridgehead atoms. The van der Waals surface area contributed by atoms with E-state index < -0.39 is 6.10 Å². The number of hydrogen-bond acceptors (Lipinski definition) is 3. The van der Waals surface area contributed by atoms with E-state index in [4.69, 9.17) is 10.5 Å². The lowest BCUT2D eigenvalue weighted by atomic mass is 9.99. The van der Waals surface area contributed by atoms with Gasteiger partial charge >= 0.3 is 0 Å². The Labute approximate surface area is 89.9 Å². The molecule has 0 saturated heterocycles. The highest BCUT2D eigenvalue weighted by molar-refractivity contribution is 5.29. The topological polar surface area (TPSA) is 55.5 Å². The molecule has 0 aromatic heterocycles. The molecule has 0 heterocycles. The summed E-state index contributed by atoms with van der Waals surface area (Å²) >= 11 is 0. The third kappa shape index (κ3) is 2.30. The Hall–Kier alpha value is -1.06. The van der Waals surface area contributed by atoms with E-state index in [2.05, 4.69) is 0 Å². The normalized spacial score (nSPS) is 19.7. The zero-order valence-corrected chi connectivity index (χ0v) is 8.89. The smallest absolute Gasteiger partial charge is 0.118 e. The van der Waals surface area contributed by atoms with Gasteiger partial charge in [0.25, 0.3) is 0 Å². The average molecular weight is 207 g/mol. The summed E-state index contributed by atoms with van der Waals surface area (Å²) in [7, 11) is 1.63. The SMILES string of the molecule is COc1ccc([C@@H](N)[C@@H](O)C2CC2)cc1. The molecule has 3 nitrogen and oxygen atoms in total. The van der Waals surface area contributed by atoms with Crippen LogP contribution >= 0.6 is 0 Å². The van der Waals surface area contributed by atoms with Gasteiger partial charge in [0.1, 0.15) is 5.75 Å². The average Bonchev–Trinajstić information content (AvgIpc) is 3.11. The van der Waals surface area contributed by atoms with Crippen LogP contribution in [0.2, 0.25) is 0 Å². The zero-order valence-electron chi connectivity index (χ0n) is 8.89. The van der Waals surface area contributed by atoms with Crippen molar-refractivity contribution in [3.05, 3.63) is 29.8 Å². The Kier molecular flexibility index (Phi) is 2.93. The fourth-order valence-electron chi connectivity index (χ4n) is 1.75. The van der Waals surface area contributed by atoms with Gasteiger partial charge in [0.15, 0.2) is 0 Å². The Balaban J connectivity index is 2.07. The van der Waals surface area contributed by atoms with Crippen LogP contribution in [0.5, 0.6) is 5.75 Å². The number of nitrogens with two attached hydrogens (primary N) is 1. The van der Waals surface area contributed by atoms with Crippen LogP contribution < -0.4 is 10.5 Å². The molecule has 0 aliphatic heterocycles. The lowest BCUT2D eigenvalue weighted by Crippen LogP contribution is -2.27. The van der Waals surface area contributed by atoms with Crippen LogP contribution in [0.25, 0.3) is 0 Å². The molecule has 82 valence electrons. The van der Waals surface area contributed by atoms with E-state index in [0.29, 0.717) is 5.92 Å². The number of methoxy groups -OCH3 is 1. The van der Waals surface area contributed by atoms with E-state index in [-0.39, 0.29) is 6.04 Å². The summed E-state index contributed by atoms with van der Waals surface area (Å²) in [5, 5.41) is 9.88. The standard InChI is InChI=1S/C12H17NO2/c1-15-10-6-4-8(5-7-10)11(13)12(14)9-2-3-9/h4-7,9,11-12,14H,2-3,13H2,1H3/t11-,12+/m1/s1. The Morgan fingerprint density at radius 1 is 1.33 bits per heavy atom. The molecule has 1 saturated carbocycles. The van der Waals surface area contributed by atoms with Gasteiger partial charge in [0.2, 0.25) is 0 Å². The zero-order chi connectivity index (χ0) is 10.8. The van der Waals surface area contributed by atoms with Crippen molar-refractivity contribution in [2.45, 2.75) is 25.0 Å². The van der Waals surface area contributed by atoms with E-state index in [1.54, 1.807) is 7.11 Å². The highest BCUT2D eigenvalue weighted by Crippen LogP contribution is 2.37. The molecule has 1 aliphatic carbocycles. The minimum absolute atomic E-state index is 0.275. The lowest BCUT2D eigenvalue weighted by Gasteiger charge is -2.18. The number of aliphatic hydroxyl groups is 1. The Bertz CT molecular complexity index is 319. The van der Waals surface area contributed by atoms with Crippen LogP contribution in [0.15, 0.2) is 24.3 Å². The van der Waals surface area contributed by atoms with Gasteiger partial charge in [-0.1, -0.05) is 12.1 Å². The second-order valence-electron chi connectivity index (χ2n) is 4.13. The van der Waals surface area contributed by atoms with Gasteiger partial charge in [-0.3, -0.25) is 0 Å². The molecule has 3 N–H and O–H groups in total. The fourth-order valence-corrected chi connectivity index (χ4v) is 1.75. The minimum Gasteiger partial charge on any atom is -0.497 e. The van der Waals surface area contributed by atoms with Crippen molar-refractivity contribution in [1.82, 2.24) is 0 Å². The van der Waals surface area contributed by atoms with Crippen molar-refractivity contribution >= 4 is 0 Å². The van der Waals surface area contributed by atoms with Crippen molar-refractivity contribution in [3.63, 3.8) is 0 Å². The molecular weight excluding hydrogens is 190 g/mol. The molecule has 0 amide bonds. The van der Waals surface area contributed by atoms with Crippen LogP contribution in [0, 0.1) is 5.92 Å². The monoisotopic (exact) mass is 207 g/mol. The first-order valence-electron chi connectivity index (χ1n) is 5.30. The molecule has 1 aromatic rings. The summed E-state index contributed by atoms with van der Waals surface area (Å²) in [6.07, 6.45) is 1.80. The van der Waals surface area contributed by atoms with Gasteiger partial charge in [-0.05, 0) is 36.5 Å².